The molecule has 1 saturated heterocycles. The van der Waals surface area contributed by atoms with Crippen molar-refractivity contribution in [3.63, 3.8) is 0 Å². The lowest BCUT2D eigenvalue weighted by Crippen LogP contribution is -2.35. The van der Waals surface area contributed by atoms with Crippen molar-refractivity contribution in [2.24, 2.45) is 5.73 Å². The van der Waals surface area contributed by atoms with Crippen molar-refractivity contribution in [1.29, 1.82) is 0 Å². The molecular formula is C19H23FN4O. The first-order valence-corrected chi connectivity index (χ1v) is 8.44. The van der Waals surface area contributed by atoms with Crippen molar-refractivity contribution in [3.05, 3.63) is 59.9 Å². The molecule has 3 rings (SSSR count). The fraction of sp³-hybridized carbons (Fsp3) is 0.368. The van der Waals surface area contributed by atoms with Gasteiger partial charge in [0, 0.05) is 26.7 Å². The van der Waals surface area contributed by atoms with Crippen molar-refractivity contribution >= 4 is 11.6 Å². The summed E-state index contributed by atoms with van der Waals surface area (Å²) in [6, 6.07) is 13.7. The van der Waals surface area contributed by atoms with Crippen LogP contribution in [0.3, 0.4) is 0 Å². The maximum Gasteiger partial charge on any atom is 0.267 e. The number of likely N-dealkylation sites (tertiary alicyclic amines) is 1. The van der Waals surface area contributed by atoms with Crippen LogP contribution in [0.2, 0.25) is 0 Å². The first kappa shape index (κ1) is 17.4. The number of aromatic nitrogens is 1. The number of likely N-dealkylation sites (N-methyl/N-ethyl adjacent to an activating group) is 1. The summed E-state index contributed by atoms with van der Waals surface area (Å²) in [6.45, 7) is 1.99. The second-order valence-corrected chi connectivity index (χ2v) is 6.45. The number of primary amides is 1. The van der Waals surface area contributed by atoms with Gasteiger partial charge in [0.2, 0.25) is 0 Å². The third kappa shape index (κ3) is 4.14. The molecular weight excluding hydrogens is 319 g/mol. The molecule has 1 fully saturated rings. The molecule has 0 bridgehead atoms. The third-order valence-corrected chi connectivity index (χ3v) is 4.71. The quantitative estimate of drug-likeness (QED) is 0.876. The van der Waals surface area contributed by atoms with E-state index in [2.05, 4.69) is 26.9 Å². The summed E-state index contributed by atoms with van der Waals surface area (Å²) in [4.78, 5) is 19.6. The SMILES string of the molecule is CN(c1ccc(C(N)=O)nc1)C(CN1CCC(F)C1)c1ccccc1. The van der Waals surface area contributed by atoms with Gasteiger partial charge in [0.25, 0.3) is 5.91 Å². The Kier molecular flexibility index (Phi) is 5.28. The largest absolute Gasteiger partial charge is 0.365 e. The van der Waals surface area contributed by atoms with Crippen molar-refractivity contribution in [3.8, 4) is 0 Å². The minimum Gasteiger partial charge on any atom is -0.365 e. The number of nitrogens with zero attached hydrogens (tertiary/aromatic N) is 3. The lowest BCUT2D eigenvalue weighted by Gasteiger charge is -2.33. The molecule has 0 aliphatic carbocycles. The minimum atomic E-state index is -0.738. The van der Waals surface area contributed by atoms with Crippen LogP contribution in [-0.4, -0.2) is 48.6 Å². The first-order chi connectivity index (χ1) is 12.0. The van der Waals surface area contributed by atoms with Crippen LogP contribution < -0.4 is 10.6 Å². The van der Waals surface area contributed by atoms with Crippen LogP contribution in [0.1, 0.15) is 28.5 Å². The van der Waals surface area contributed by atoms with Gasteiger partial charge < -0.3 is 10.6 Å². The number of amides is 1. The Morgan fingerprint density at radius 3 is 2.68 bits per heavy atom. The van der Waals surface area contributed by atoms with Gasteiger partial charge in [-0.1, -0.05) is 30.3 Å². The fourth-order valence-electron chi connectivity index (χ4n) is 3.24. The average molecular weight is 342 g/mol. The number of benzene rings is 1. The zero-order valence-corrected chi connectivity index (χ0v) is 14.3. The monoisotopic (exact) mass is 342 g/mol. The molecule has 132 valence electrons. The van der Waals surface area contributed by atoms with E-state index in [0.29, 0.717) is 13.0 Å². The number of hydrogen-bond donors (Lipinski definition) is 1. The van der Waals surface area contributed by atoms with E-state index in [1.54, 1.807) is 12.3 Å². The van der Waals surface area contributed by atoms with Crippen molar-refractivity contribution < 1.29 is 9.18 Å². The number of pyridine rings is 1. The van der Waals surface area contributed by atoms with E-state index in [0.717, 1.165) is 24.3 Å². The number of carbonyl (C=O) groups is 1. The van der Waals surface area contributed by atoms with Gasteiger partial charge in [-0.05, 0) is 24.1 Å². The molecule has 0 radical (unpaired) electrons. The molecule has 2 aromatic rings. The molecule has 1 amide bonds. The summed E-state index contributed by atoms with van der Waals surface area (Å²) < 4.78 is 13.6. The predicted octanol–water partition coefficient (Wildman–Crippen LogP) is 2.40. The highest BCUT2D eigenvalue weighted by atomic mass is 19.1. The summed E-state index contributed by atoms with van der Waals surface area (Å²) in [5, 5.41) is 0. The second-order valence-electron chi connectivity index (χ2n) is 6.45. The van der Waals surface area contributed by atoms with Gasteiger partial charge in [-0.15, -0.1) is 0 Å². The Balaban J connectivity index is 1.83. The van der Waals surface area contributed by atoms with Gasteiger partial charge in [-0.2, -0.15) is 0 Å². The summed E-state index contributed by atoms with van der Waals surface area (Å²) >= 11 is 0. The van der Waals surface area contributed by atoms with Crippen molar-refractivity contribution in [2.45, 2.75) is 18.6 Å². The Bertz CT molecular complexity index is 707. The summed E-state index contributed by atoms with van der Waals surface area (Å²) in [7, 11) is 1.99. The van der Waals surface area contributed by atoms with E-state index >= 15 is 0 Å². The van der Waals surface area contributed by atoms with E-state index in [-0.39, 0.29) is 11.7 Å². The number of anilines is 1. The smallest absolute Gasteiger partial charge is 0.267 e. The summed E-state index contributed by atoms with van der Waals surface area (Å²) in [6.07, 6.45) is 1.51. The maximum absolute atomic E-state index is 13.6. The molecule has 0 saturated carbocycles. The Hall–Kier alpha value is -2.47. The molecule has 25 heavy (non-hydrogen) atoms. The van der Waals surface area contributed by atoms with Crippen LogP contribution in [0.15, 0.2) is 48.7 Å². The molecule has 2 N–H and O–H groups in total. The lowest BCUT2D eigenvalue weighted by molar-refractivity contribution is 0.0995. The van der Waals surface area contributed by atoms with Crippen LogP contribution in [0.25, 0.3) is 0 Å². The van der Waals surface area contributed by atoms with E-state index in [4.69, 9.17) is 5.73 Å². The zero-order valence-electron chi connectivity index (χ0n) is 14.3. The highest BCUT2D eigenvalue weighted by molar-refractivity contribution is 5.90. The molecule has 6 heteroatoms. The van der Waals surface area contributed by atoms with E-state index in [1.165, 1.54) is 0 Å². The van der Waals surface area contributed by atoms with Crippen LogP contribution in [0.4, 0.5) is 10.1 Å². The molecule has 1 aromatic carbocycles. The van der Waals surface area contributed by atoms with Gasteiger partial charge in [-0.25, -0.2) is 9.37 Å². The number of halogens is 1. The molecule has 2 atom stereocenters. The number of carbonyl (C=O) groups excluding carboxylic acids is 1. The zero-order chi connectivity index (χ0) is 17.8. The van der Waals surface area contributed by atoms with E-state index < -0.39 is 12.1 Å². The van der Waals surface area contributed by atoms with E-state index in [9.17, 15) is 9.18 Å². The van der Waals surface area contributed by atoms with Gasteiger partial charge in [0.1, 0.15) is 11.9 Å². The number of alkyl halides is 1. The maximum atomic E-state index is 13.6. The van der Waals surface area contributed by atoms with Gasteiger partial charge >= 0.3 is 0 Å². The van der Waals surface area contributed by atoms with Gasteiger partial charge in [0.15, 0.2) is 0 Å². The van der Waals surface area contributed by atoms with Crippen molar-refractivity contribution in [2.75, 3.05) is 31.6 Å². The normalized spacial score (nSPS) is 18.9. The lowest BCUT2D eigenvalue weighted by atomic mass is 10.0. The molecule has 5 nitrogen and oxygen atoms in total. The van der Waals surface area contributed by atoms with Gasteiger partial charge in [0.05, 0.1) is 17.9 Å². The Labute approximate surface area is 147 Å². The standard InChI is InChI=1S/C19H23FN4O/c1-23(16-7-8-17(19(21)25)22-11-16)18(14-5-3-2-4-6-14)13-24-10-9-15(20)12-24/h2-8,11,15,18H,9-10,12-13H2,1H3,(H2,21,25). The first-order valence-electron chi connectivity index (χ1n) is 8.44. The Morgan fingerprint density at radius 2 is 2.12 bits per heavy atom. The predicted molar refractivity (Wildman–Crippen MR) is 96.3 cm³/mol. The molecule has 2 unspecified atom stereocenters. The molecule has 1 aliphatic heterocycles. The molecule has 2 heterocycles. The molecule has 0 spiro atoms. The van der Waals surface area contributed by atoms with Crippen LogP contribution >= 0.6 is 0 Å². The van der Waals surface area contributed by atoms with E-state index in [1.807, 2.05) is 31.3 Å². The van der Waals surface area contributed by atoms with Crippen LogP contribution in [-0.2, 0) is 0 Å². The summed E-state index contributed by atoms with van der Waals surface area (Å²) in [5.74, 6) is -0.542. The fourth-order valence-corrected chi connectivity index (χ4v) is 3.24. The third-order valence-electron chi connectivity index (χ3n) is 4.71. The molecule has 1 aliphatic rings. The minimum absolute atomic E-state index is 0.0627. The second kappa shape index (κ2) is 7.61. The molecule has 1 aromatic heterocycles. The van der Waals surface area contributed by atoms with Crippen molar-refractivity contribution in [1.82, 2.24) is 9.88 Å². The van der Waals surface area contributed by atoms with Gasteiger partial charge in [-0.3, -0.25) is 9.69 Å². The number of rotatable bonds is 6. The topological polar surface area (TPSA) is 62.5 Å². The average Bonchev–Trinajstić information content (AvgIpc) is 3.05. The van der Waals surface area contributed by atoms with Crippen LogP contribution in [0, 0.1) is 0 Å². The van der Waals surface area contributed by atoms with Crippen LogP contribution in [0.5, 0.6) is 0 Å². The summed E-state index contributed by atoms with van der Waals surface area (Å²) in [5.41, 5.74) is 7.54. The Morgan fingerprint density at radius 1 is 1.36 bits per heavy atom. The highest BCUT2D eigenvalue weighted by Gasteiger charge is 2.27. The number of nitrogens with two attached hydrogens (primary N) is 1. The highest BCUT2D eigenvalue weighted by Crippen LogP contribution is 2.27. The number of hydrogen-bond acceptors (Lipinski definition) is 4.